The number of fused-ring (bicyclic) bond motifs is 1. The van der Waals surface area contributed by atoms with Crippen LogP contribution in [0.25, 0.3) is 11.2 Å². The van der Waals surface area contributed by atoms with Crippen molar-refractivity contribution in [2.75, 3.05) is 5.73 Å². The minimum atomic E-state index is 0.500. The fourth-order valence-corrected chi connectivity index (χ4v) is 2.62. The van der Waals surface area contributed by atoms with Crippen molar-refractivity contribution >= 4 is 17.1 Å². The molecule has 1 saturated carbocycles. The number of rotatable bonds is 1. The lowest BCUT2D eigenvalue weighted by Gasteiger charge is -2.13. The third-order valence-electron chi connectivity index (χ3n) is 3.38. The summed E-state index contributed by atoms with van der Waals surface area (Å²) in [5, 5.41) is 0. The quantitative estimate of drug-likeness (QED) is 0.796. The van der Waals surface area contributed by atoms with E-state index in [0.717, 1.165) is 16.7 Å². The maximum atomic E-state index is 6.00. The second-order valence-corrected chi connectivity index (χ2v) is 4.63. The van der Waals surface area contributed by atoms with E-state index in [2.05, 4.69) is 14.5 Å². The largest absolute Gasteiger partial charge is 0.369 e. The SMILES string of the molecule is Cc1cnc2c(c1)nc(N)n2C1CCCC1. The molecule has 0 spiro atoms. The van der Waals surface area contributed by atoms with Gasteiger partial charge in [-0.2, -0.15) is 0 Å². The molecule has 2 N–H and O–H groups in total. The molecule has 0 bridgehead atoms. The van der Waals surface area contributed by atoms with Gasteiger partial charge in [0.2, 0.25) is 5.95 Å². The van der Waals surface area contributed by atoms with Crippen molar-refractivity contribution in [2.24, 2.45) is 0 Å². The number of aromatic nitrogens is 3. The summed E-state index contributed by atoms with van der Waals surface area (Å²) in [5.41, 5.74) is 8.98. The molecule has 2 aromatic heterocycles. The molecule has 16 heavy (non-hydrogen) atoms. The second kappa shape index (κ2) is 3.47. The van der Waals surface area contributed by atoms with E-state index in [1.54, 1.807) is 0 Å². The Morgan fingerprint density at radius 3 is 2.88 bits per heavy atom. The van der Waals surface area contributed by atoms with Gasteiger partial charge in [-0.3, -0.25) is 4.57 Å². The van der Waals surface area contributed by atoms with Gasteiger partial charge in [-0.05, 0) is 31.4 Å². The lowest BCUT2D eigenvalue weighted by molar-refractivity contribution is 0.536. The average Bonchev–Trinajstić information content (AvgIpc) is 2.83. The Hall–Kier alpha value is -1.58. The van der Waals surface area contributed by atoms with Crippen LogP contribution < -0.4 is 5.73 Å². The Bertz CT molecular complexity index is 523. The van der Waals surface area contributed by atoms with E-state index in [9.17, 15) is 0 Å². The molecule has 0 atom stereocenters. The molecule has 3 rings (SSSR count). The molecule has 0 aliphatic heterocycles. The molecule has 1 fully saturated rings. The van der Waals surface area contributed by atoms with E-state index in [0.29, 0.717) is 12.0 Å². The highest BCUT2D eigenvalue weighted by atomic mass is 15.2. The van der Waals surface area contributed by atoms with Crippen LogP contribution in [0.15, 0.2) is 12.3 Å². The van der Waals surface area contributed by atoms with Crippen molar-refractivity contribution in [3.8, 4) is 0 Å². The zero-order chi connectivity index (χ0) is 11.1. The lowest BCUT2D eigenvalue weighted by atomic mass is 10.2. The average molecular weight is 216 g/mol. The van der Waals surface area contributed by atoms with E-state index >= 15 is 0 Å². The van der Waals surface area contributed by atoms with Gasteiger partial charge < -0.3 is 5.73 Å². The van der Waals surface area contributed by atoms with Gasteiger partial charge in [0, 0.05) is 12.2 Å². The van der Waals surface area contributed by atoms with E-state index in [1.165, 1.54) is 25.7 Å². The van der Waals surface area contributed by atoms with Gasteiger partial charge in [-0.1, -0.05) is 12.8 Å². The van der Waals surface area contributed by atoms with E-state index < -0.39 is 0 Å². The van der Waals surface area contributed by atoms with Gasteiger partial charge in [0.1, 0.15) is 5.52 Å². The van der Waals surface area contributed by atoms with Crippen LogP contribution >= 0.6 is 0 Å². The first-order valence-corrected chi connectivity index (χ1v) is 5.86. The van der Waals surface area contributed by atoms with Gasteiger partial charge in [0.05, 0.1) is 0 Å². The molecule has 1 aliphatic carbocycles. The summed E-state index contributed by atoms with van der Waals surface area (Å²) >= 11 is 0. The third kappa shape index (κ3) is 1.37. The summed E-state index contributed by atoms with van der Waals surface area (Å²) in [6.45, 7) is 2.03. The lowest BCUT2D eigenvalue weighted by Crippen LogP contribution is -2.09. The van der Waals surface area contributed by atoms with Crippen molar-refractivity contribution in [1.82, 2.24) is 14.5 Å². The molecule has 4 nitrogen and oxygen atoms in total. The molecule has 0 unspecified atom stereocenters. The van der Waals surface area contributed by atoms with Crippen LogP contribution in [0.5, 0.6) is 0 Å². The molecule has 2 aromatic rings. The Kier molecular flexibility index (Phi) is 2.09. The molecule has 2 heterocycles. The summed E-state index contributed by atoms with van der Waals surface area (Å²) < 4.78 is 2.11. The van der Waals surface area contributed by atoms with Crippen molar-refractivity contribution in [3.05, 3.63) is 17.8 Å². The van der Waals surface area contributed by atoms with Crippen molar-refractivity contribution in [3.63, 3.8) is 0 Å². The number of imidazole rings is 1. The number of nitrogens with zero attached hydrogens (tertiary/aromatic N) is 3. The summed E-state index contributed by atoms with van der Waals surface area (Å²) in [7, 11) is 0. The summed E-state index contributed by atoms with van der Waals surface area (Å²) in [6.07, 6.45) is 6.86. The summed E-state index contributed by atoms with van der Waals surface area (Å²) in [6, 6.07) is 2.55. The van der Waals surface area contributed by atoms with Crippen LogP contribution in [0.4, 0.5) is 5.95 Å². The van der Waals surface area contributed by atoms with Crippen LogP contribution in [-0.4, -0.2) is 14.5 Å². The highest BCUT2D eigenvalue weighted by Crippen LogP contribution is 2.33. The van der Waals surface area contributed by atoms with E-state index in [4.69, 9.17) is 5.73 Å². The standard InChI is InChI=1S/C12H16N4/c1-8-6-10-11(14-7-8)16(12(13)15-10)9-4-2-3-5-9/h6-7,9H,2-5H2,1H3,(H2,13,15). The monoisotopic (exact) mass is 216 g/mol. The normalized spacial score (nSPS) is 17.3. The number of anilines is 1. The van der Waals surface area contributed by atoms with Gasteiger partial charge in [-0.15, -0.1) is 0 Å². The fraction of sp³-hybridized carbons (Fsp3) is 0.500. The zero-order valence-corrected chi connectivity index (χ0v) is 9.48. The van der Waals surface area contributed by atoms with Crippen LogP contribution in [-0.2, 0) is 0 Å². The number of hydrogen-bond acceptors (Lipinski definition) is 3. The van der Waals surface area contributed by atoms with Crippen LogP contribution in [0.1, 0.15) is 37.3 Å². The first-order chi connectivity index (χ1) is 7.75. The smallest absolute Gasteiger partial charge is 0.202 e. The minimum Gasteiger partial charge on any atom is -0.369 e. The molecule has 0 aromatic carbocycles. The molecule has 0 radical (unpaired) electrons. The molecule has 84 valence electrons. The van der Waals surface area contributed by atoms with Gasteiger partial charge >= 0.3 is 0 Å². The van der Waals surface area contributed by atoms with Crippen LogP contribution in [0.3, 0.4) is 0 Å². The zero-order valence-electron chi connectivity index (χ0n) is 9.48. The Morgan fingerprint density at radius 2 is 2.12 bits per heavy atom. The Balaban J connectivity index is 2.18. The highest BCUT2D eigenvalue weighted by molar-refractivity contribution is 5.74. The van der Waals surface area contributed by atoms with Gasteiger partial charge in [0.15, 0.2) is 5.65 Å². The summed E-state index contributed by atoms with van der Waals surface area (Å²) in [4.78, 5) is 8.86. The predicted octanol–water partition coefficient (Wildman–Crippen LogP) is 2.44. The molecule has 1 aliphatic rings. The van der Waals surface area contributed by atoms with E-state index in [1.807, 2.05) is 19.2 Å². The molecule has 0 amide bonds. The number of nitrogens with two attached hydrogens (primary N) is 1. The number of nitrogen functional groups attached to an aromatic ring is 1. The van der Waals surface area contributed by atoms with Crippen molar-refractivity contribution in [1.29, 1.82) is 0 Å². The molecule has 4 heteroatoms. The van der Waals surface area contributed by atoms with Gasteiger partial charge in [-0.25, -0.2) is 9.97 Å². The van der Waals surface area contributed by atoms with Crippen molar-refractivity contribution in [2.45, 2.75) is 38.6 Å². The maximum Gasteiger partial charge on any atom is 0.202 e. The first-order valence-electron chi connectivity index (χ1n) is 5.86. The number of pyridine rings is 1. The third-order valence-corrected chi connectivity index (χ3v) is 3.38. The molecular weight excluding hydrogens is 200 g/mol. The first kappa shape index (κ1) is 9.63. The molecular formula is C12H16N4. The topological polar surface area (TPSA) is 56.7 Å². The molecule has 0 saturated heterocycles. The Labute approximate surface area is 94.5 Å². The van der Waals surface area contributed by atoms with Crippen LogP contribution in [0.2, 0.25) is 0 Å². The number of hydrogen-bond donors (Lipinski definition) is 1. The van der Waals surface area contributed by atoms with Crippen LogP contribution in [0, 0.1) is 6.92 Å². The van der Waals surface area contributed by atoms with Gasteiger partial charge in [0.25, 0.3) is 0 Å². The van der Waals surface area contributed by atoms with Crippen molar-refractivity contribution < 1.29 is 0 Å². The Morgan fingerprint density at radius 1 is 1.38 bits per heavy atom. The minimum absolute atomic E-state index is 0.500. The number of aryl methyl sites for hydroxylation is 1. The predicted molar refractivity (Wildman–Crippen MR) is 64.2 cm³/mol. The van der Waals surface area contributed by atoms with E-state index in [-0.39, 0.29) is 0 Å². The fourth-order valence-electron chi connectivity index (χ4n) is 2.62. The summed E-state index contributed by atoms with van der Waals surface area (Å²) in [5.74, 6) is 0.611. The maximum absolute atomic E-state index is 6.00. The second-order valence-electron chi connectivity index (χ2n) is 4.63. The highest BCUT2D eigenvalue weighted by Gasteiger charge is 2.22.